The first-order valence-electron chi connectivity index (χ1n) is 4.94. The van der Waals surface area contributed by atoms with E-state index < -0.39 is 0 Å². The molecule has 1 N–H and O–H groups in total. The standard InChI is InChI=1S/C9H19NO3/c1-2-12-13-8-10-5-3-9(7-11)4-6-10/h9,11H,2-8H2,1H3. The smallest absolute Gasteiger partial charge is 0.135 e. The molecule has 0 radical (unpaired) electrons. The summed E-state index contributed by atoms with van der Waals surface area (Å²) in [5.74, 6) is 0.489. The molecule has 0 aliphatic carbocycles. The van der Waals surface area contributed by atoms with Gasteiger partial charge in [0.1, 0.15) is 6.73 Å². The van der Waals surface area contributed by atoms with Crippen LogP contribution >= 0.6 is 0 Å². The molecule has 0 aromatic rings. The Morgan fingerprint density at radius 1 is 1.31 bits per heavy atom. The normalized spacial score (nSPS) is 20.8. The van der Waals surface area contributed by atoms with E-state index in [1.54, 1.807) is 0 Å². The number of nitrogens with zero attached hydrogens (tertiary/aromatic N) is 1. The fourth-order valence-corrected chi connectivity index (χ4v) is 1.49. The molecule has 4 heteroatoms. The molecule has 1 rings (SSSR count). The quantitative estimate of drug-likeness (QED) is 0.391. The molecule has 1 fully saturated rings. The second-order valence-corrected chi connectivity index (χ2v) is 3.40. The lowest BCUT2D eigenvalue weighted by atomic mass is 9.98. The van der Waals surface area contributed by atoms with Crippen LogP contribution in [-0.2, 0) is 9.78 Å². The molecule has 1 aliphatic rings. The van der Waals surface area contributed by atoms with Gasteiger partial charge in [-0.2, -0.15) is 0 Å². The third kappa shape index (κ3) is 4.04. The van der Waals surface area contributed by atoms with Crippen molar-refractivity contribution in [3.05, 3.63) is 0 Å². The summed E-state index contributed by atoms with van der Waals surface area (Å²) in [6, 6.07) is 0. The summed E-state index contributed by atoms with van der Waals surface area (Å²) in [6.45, 7) is 5.36. The van der Waals surface area contributed by atoms with Crippen molar-refractivity contribution in [2.75, 3.05) is 33.0 Å². The fourth-order valence-electron chi connectivity index (χ4n) is 1.49. The maximum absolute atomic E-state index is 8.92. The number of likely N-dealkylation sites (tertiary alicyclic amines) is 1. The molecule has 0 saturated carbocycles. The van der Waals surface area contributed by atoms with Crippen LogP contribution in [0.25, 0.3) is 0 Å². The Balaban J connectivity index is 2.03. The van der Waals surface area contributed by atoms with E-state index in [0.29, 0.717) is 25.9 Å². The van der Waals surface area contributed by atoms with Gasteiger partial charge >= 0.3 is 0 Å². The molecule has 1 saturated heterocycles. The molecule has 1 heterocycles. The van der Waals surface area contributed by atoms with E-state index in [4.69, 9.17) is 14.9 Å². The maximum atomic E-state index is 8.92. The van der Waals surface area contributed by atoms with E-state index in [1.807, 2.05) is 6.92 Å². The van der Waals surface area contributed by atoms with Gasteiger partial charge in [0.05, 0.1) is 6.61 Å². The van der Waals surface area contributed by atoms with E-state index >= 15 is 0 Å². The van der Waals surface area contributed by atoms with Gasteiger partial charge in [-0.05, 0) is 25.7 Å². The van der Waals surface area contributed by atoms with Crippen LogP contribution in [0.15, 0.2) is 0 Å². The van der Waals surface area contributed by atoms with Gasteiger partial charge in [0.15, 0.2) is 0 Å². The third-order valence-corrected chi connectivity index (χ3v) is 2.40. The third-order valence-electron chi connectivity index (χ3n) is 2.40. The topological polar surface area (TPSA) is 41.9 Å². The minimum Gasteiger partial charge on any atom is -0.396 e. The Bertz CT molecular complexity index is 121. The van der Waals surface area contributed by atoms with E-state index in [0.717, 1.165) is 25.9 Å². The van der Waals surface area contributed by atoms with E-state index in [2.05, 4.69) is 4.90 Å². The molecule has 4 nitrogen and oxygen atoms in total. The lowest BCUT2D eigenvalue weighted by Crippen LogP contribution is -2.36. The highest BCUT2D eigenvalue weighted by Crippen LogP contribution is 2.15. The highest BCUT2D eigenvalue weighted by Gasteiger charge is 2.18. The van der Waals surface area contributed by atoms with Crippen molar-refractivity contribution in [1.82, 2.24) is 4.90 Å². The predicted octanol–water partition coefficient (Wildman–Crippen LogP) is 0.616. The first kappa shape index (κ1) is 10.9. The summed E-state index contributed by atoms with van der Waals surface area (Å²) in [6.07, 6.45) is 2.12. The van der Waals surface area contributed by atoms with E-state index in [1.165, 1.54) is 0 Å². The SMILES string of the molecule is CCOOCN1CCC(CO)CC1. The number of piperidine rings is 1. The highest BCUT2D eigenvalue weighted by molar-refractivity contribution is 4.69. The van der Waals surface area contributed by atoms with Crippen molar-refractivity contribution >= 4 is 0 Å². The first-order valence-corrected chi connectivity index (χ1v) is 4.94. The average Bonchev–Trinajstić information content (AvgIpc) is 2.19. The van der Waals surface area contributed by atoms with Gasteiger partial charge in [-0.3, -0.25) is 4.90 Å². The molecule has 0 unspecified atom stereocenters. The van der Waals surface area contributed by atoms with Crippen LogP contribution in [0.5, 0.6) is 0 Å². The van der Waals surface area contributed by atoms with E-state index in [-0.39, 0.29) is 0 Å². The lowest BCUT2D eigenvalue weighted by Gasteiger charge is -2.29. The van der Waals surface area contributed by atoms with Crippen LogP contribution in [0.1, 0.15) is 19.8 Å². The Morgan fingerprint density at radius 3 is 2.54 bits per heavy atom. The van der Waals surface area contributed by atoms with Gasteiger partial charge in [0.25, 0.3) is 0 Å². The van der Waals surface area contributed by atoms with Crippen LogP contribution in [0.2, 0.25) is 0 Å². The Kier molecular flexibility index (Phi) is 5.31. The van der Waals surface area contributed by atoms with Crippen molar-refractivity contribution in [3.63, 3.8) is 0 Å². The van der Waals surface area contributed by atoms with Crippen molar-refractivity contribution in [1.29, 1.82) is 0 Å². The van der Waals surface area contributed by atoms with Crippen molar-refractivity contribution in [2.45, 2.75) is 19.8 Å². The largest absolute Gasteiger partial charge is 0.396 e. The zero-order valence-electron chi connectivity index (χ0n) is 8.24. The van der Waals surface area contributed by atoms with Crippen LogP contribution in [0.4, 0.5) is 0 Å². The zero-order chi connectivity index (χ0) is 9.52. The maximum Gasteiger partial charge on any atom is 0.135 e. The molecule has 0 bridgehead atoms. The van der Waals surface area contributed by atoms with Gasteiger partial charge < -0.3 is 5.11 Å². The lowest BCUT2D eigenvalue weighted by molar-refractivity contribution is -0.313. The Labute approximate surface area is 79.4 Å². The van der Waals surface area contributed by atoms with Gasteiger partial charge in [0.2, 0.25) is 0 Å². The summed E-state index contributed by atoms with van der Waals surface area (Å²) in [5.41, 5.74) is 0. The van der Waals surface area contributed by atoms with Gasteiger partial charge in [-0.15, -0.1) is 0 Å². The highest BCUT2D eigenvalue weighted by atomic mass is 17.2. The molecule has 0 aromatic heterocycles. The average molecular weight is 189 g/mol. The van der Waals surface area contributed by atoms with E-state index in [9.17, 15) is 0 Å². The number of hydrogen-bond acceptors (Lipinski definition) is 4. The summed E-state index contributed by atoms with van der Waals surface area (Å²) < 4.78 is 0. The number of aliphatic hydroxyl groups excluding tert-OH is 1. The van der Waals surface area contributed by atoms with Crippen molar-refractivity contribution in [3.8, 4) is 0 Å². The minimum absolute atomic E-state index is 0.320. The molecular formula is C9H19NO3. The molecule has 1 aliphatic heterocycles. The number of hydrogen-bond donors (Lipinski definition) is 1. The summed E-state index contributed by atoms with van der Waals surface area (Å²) in [4.78, 5) is 11.9. The number of rotatable bonds is 5. The summed E-state index contributed by atoms with van der Waals surface area (Å²) in [7, 11) is 0. The fraction of sp³-hybridized carbons (Fsp3) is 1.00. The van der Waals surface area contributed by atoms with Crippen LogP contribution in [0, 0.1) is 5.92 Å². The van der Waals surface area contributed by atoms with Gasteiger partial charge in [-0.1, -0.05) is 0 Å². The van der Waals surface area contributed by atoms with Crippen molar-refractivity contribution in [2.24, 2.45) is 5.92 Å². The number of aliphatic hydroxyl groups is 1. The molecule has 0 aromatic carbocycles. The monoisotopic (exact) mass is 189 g/mol. The van der Waals surface area contributed by atoms with Crippen LogP contribution in [-0.4, -0.2) is 43.0 Å². The zero-order valence-corrected chi connectivity index (χ0v) is 8.24. The minimum atomic E-state index is 0.320. The van der Waals surface area contributed by atoms with Crippen LogP contribution in [0.3, 0.4) is 0 Å². The Morgan fingerprint density at radius 2 is 2.00 bits per heavy atom. The molecule has 13 heavy (non-hydrogen) atoms. The Hall–Kier alpha value is -0.160. The molecule has 78 valence electrons. The second kappa shape index (κ2) is 6.32. The second-order valence-electron chi connectivity index (χ2n) is 3.40. The van der Waals surface area contributed by atoms with Crippen LogP contribution < -0.4 is 0 Å². The molecule has 0 atom stereocenters. The first-order chi connectivity index (χ1) is 6.36. The summed E-state index contributed by atoms with van der Waals surface area (Å²) >= 11 is 0. The van der Waals surface area contributed by atoms with Gasteiger partial charge in [-0.25, -0.2) is 9.78 Å². The van der Waals surface area contributed by atoms with Crippen molar-refractivity contribution < 1.29 is 14.9 Å². The predicted molar refractivity (Wildman–Crippen MR) is 49.0 cm³/mol. The molecule has 0 amide bonds. The van der Waals surface area contributed by atoms with Gasteiger partial charge in [0, 0.05) is 19.7 Å². The molecule has 0 spiro atoms. The molecular weight excluding hydrogens is 170 g/mol. The summed E-state index contributed by atoms with van der Waals surface area (Å²) in [5, 5.41) is 8.92.